The van der Waals surface area contributed by atoms with E-state index in [-0.39, 0.29) is 6.61 Å². The van der Waals surface area contributed by atoms with Crippen molar-refractivity contribution < 1.29 is 9.84 Å². The summed E-state index contributed by atoms with van der Waals surface area (Å²) in [6, 6.07) is 15.7. The molecule has 0 unspecified atom stereocenters. The van der Waals surface area contributed by atoms with Crippen molar-refractivity contribution in [3.63, 3.8) is 0 Å². The lowest BCUT2D eigenvalue weighted by Gasteiger charge is -2.08. The molecule has 16 heavy (non-hydrogen) atoms. The Hall–Kier alpha value is -1.80. The smallest absolute Gasteiger partial charge is 0.119 e. The van der Waals surface area contributed by atoms with Crippen molar-refractivity contribution in [1.29, 1.82) is 0 Å². The van der Waals surface area contributed by atoms with Crippen LogP contribution in [0.1, 0.15) is 5.56 Å². The number of hydrogen-bond acceptors (Lipinski definition) is 2. The largest absolute Gasteiger partial charge is 0.497 e. The molecule has 0 saturated carbocycles. The van der Waals surface area contributed by atoms with E-state index >= 15 is 0 Å². The summed E-state index contributed by atoms with van der Waals surface area (Å²) in [5, 5.41) is 9.27. The molecular formula is C14H14O2. The zero-order valence-electron chi connectivity index (χ0n) is 9.18. The number of methoxy groups -OCH3 is 1. The predicted octanol–water partition coefficient (Wildman–Crippen LogP) is 2.85. The van der Waals surface area contributed by atoms with Crippen molar-refractivity contribution in [2.24, 2.45) is 0 Å². The normalized spacial score (nSPS) is 10.1. The van der Waals surface area contributed by atoms with Gasteiger partial charge in [0.2, 0.25) is 0 Å². The molecule has 0 atom stereocenters. The highest BCUT2D eigenvalue weighted by Gasteiger charge is 2.04. The molecule has 2 heteroatoms. The molecule has 0 heterocycles. The first-order valence-corrected chi connectivity index (χ1v) is 5.18. The van der Waals surface area contributed by atoms with Gasteiger partial charge in [-0.15, -0.1) is 0 Å². The third-order valence-electron chi connectivity index (χ3n) is 2.57. The lowest BCUT2D eigenvalue weighted by atomic mass is 10.00. The highest BCUT2D eigenvalue weighted by molar-refractivity contribution is 5.68. The van der Waals surface area contributed by atoms with Gasteiger partial charge in [-0.05, 0) is 28.8 Å². The summed E-state index contributed by atoms with van der Waals surface area (Å²) >= 11 is 0. The highest BCUT2D eigenvalue weighted by Crippen LogP contribution is 2.26. The Morgan fingerprint density at radius 1 is 1.06 bits per heavy atom. The summed E-state index contributed by atoms with van der Waals surface area (Å²) in [5.74, 6) is 0.824. The average Bonchev–Trinajstić information content (AvgIpc) is 2.38. The maximum absolute atomic E-state index is 9.27. The molecule has 2 aromatic rings. The monoisotopic (exact) mass is 214 g/mol. The zero-order valence-corrected chi connectivity index (χ0v) is 9.18. The standard InChI is InChI=1S/C14H14O2/c1-16-13-7-4-6-11(9-13)14-8-3-2-5-12(14)10-15/h2-9,15H,10H2,1H3. The Bertz CT molecular complexity index is 478. The number of benzene rings is 2. The Balaban J connectivity index is 2.49. The summed E-state index contributed by atoms with van der Waals surface area (Å²) in [6.07, 6.45) is 0. The summed E-state index contributed by atoms with van der Waals surface area (Å²) in [6.45, 7) is 0.0490. The van der Waals surface area contributed by atoms with E-state index in [1.807, 2.05) is 48.5 Å². The Labute approximate surface area is 95.1 Å². The minimum Gasteiger partial charge on any atom is -0.497 e. The number of hydrogen-bond donors (Lipinski definition) is 1. The van der Waals surface area contributed by atoms with Gasteiger partial charge in [-0.3, -0.25) is 0 Å². The molecule has 2 nitrogen and oxygen atoms in total. The Morgan fingerprint density at radius 3 is 2.62 bits per heavy atom. The number of aliphatic hydroxyl groups is 1. The van der Waals surface area contributed by atoms with Crippen molar-refractivity contribution in [3.8, 4) is 16.9 Å². The van der Waals surface area contributed by atoms with Crippen LogP contribution in [0.4, 0.5) is 0 Å². The summed E-state index contributed by atoms with van der Waals surface area (Å²) in [5.41, 5.74) is 3.03. The van der Waals surface area contributed by atoms with Gasteiger partial charge in [0.05, 0.1) is 13.7 Å². The number of aliphatic hydroxyl groups excluding tert-OH is 1. The van der Waals surface area contributed by atoms with Crippen LogP contribution >= 0.6 is 0 Å². The van der Waals surface area contributed by atoms with Crippen LogP contribution in [0.5, 0.6) is 5.75 Å². The van der Waals surface area contributed by atoms with Crippen molar-refractivity contribution in [1.82, 2.24) is 0 Å². The van der Waals surface area contributed by atoms with Gasteiger partial charge in [-0.2, -0.15) is 0 Å². The first-order valence-electron chi connectivity index (χ1n) is 5.18. The van der Waals surface area contributed by atoms with Gasteiger partial charge >= 0.3 is 0 Å². The fourth-order valence-electron chi connectivity index (χ4n) is 1.73. The van der Waals surface area contributed by atoms with Crippen LogP contribution in [0.25, 0.3) is 11.1 Å². The van der Waals surface area contributed by atoms with Crippen molar-refractivity contribution in [2.45, 2.75) is 6.61 Å². The molecule has 0 amide bonds. The maximum Gasteiger partial charge on any atom is 0.119 e. The third-order valence-corrected chi connectivity index (χ3v) is 2.57. The van der Waals surface area contributed by atoms with Gasteiger partial charge in [-0.25, -0.2) is 0 Å². The lowest BCUT2D eigenvalue weighted by molar-refractivity contribution is 0.282. The third kappa shape index (κ3) is 2.07. The Kier molecular flexibility index (Phi) is 3.22. The van der Waals surface area contributed by atoms with Crippen molar-refractivity contribution >= 4 is 0 Å². The van der Waals surface area contributed by atoms with Gasteiger partial charge in [-0.1, -0.05) is 36.4 Å². The van der Waals surface area contributed by atoms with E-state index in [0.717, 1.165) is 22.4 Å². The molecular weight excluding hydrogens is 200 g/mol. The quantitative estimate of drug-likeness (QED) is 0.851. The summed E-state index contributed by atoms with van der Waals surface area (Å²) in [4.78, 5) is 0. The van der Waals surface area contributed by atoms with Crippen molar-refractivity contribution in [3.05, 3.63) is 54.1 Å². The minimum atomic E-state index is 0.0490. The second kappa shape index (κ2) is 4.81. The van der Waals surface area contributed by atoms with E-state index < -0.39 is 0 Å². The zero-order chi connectivity index (χ0) is 11.4. The fourth-order valence-corrected chi connectivity index (χ4v) is 1.73. The van der Waals surface area contributed by atoms with Crippen LogP contribution in [0.3, 0.4) is 0 Å². The van der Waals surface area contributed by atoms with Crippen LogP contribution in [-0.2, 0) is 6.61 Å². The predicted molar refractivity (Wildman–Crippen MR) is 64.4 cm³/mol. The minimum absolute atomic E-state index is 0.0490. The molecule has 0 aliphatic carbocycles. The second-order valence-electron chi connectivity index (χ2n) is 3.55. The topological polar surface area (TPSA) is 29.5 Å². The van der Waals surface area contributed by atoms with E-state index in [1.54, 1.807) is 7.11 Å². The van der Waals surface area contributed by atoms with Gasteiger partial charge in [0.25, 0.3) is 0 Å². The lowest BCUT2D eigenvalue weighted by Crippen LogP contribution is -1.89. The van der Waals surface area contributed by atoms with E-state index in [1.165, 1.54) is 0 Å². The molecule has 1 N–H and O–H groups in total. The van der Waals surface area contributed by atoms with Gasteiger partial charge in [0.1, 0.15) is 5.75 Å². The second-order valence-corrected chi connectivity index (χ2v) is 3.55. The molecule has 2 rings (SSSR count). The van der Waals surface area contributed by atoms with E-state index in [2.05, 4.69) is 0 Å². The maximum atomic E-state index is 9.27. The van der Waals surface area contributed by atoms with Crippen molar-refractivity contribution in [2.75, 3.05) is 7.11 Å². The van der Waals surface area contributed by atoms with E-state index in [9.17, 15) is 5.11 Å². The highest BCUT2D eigenvalue weighted by atomic mass is 16.5. The molecule has 0 aromatic heterocycles. The van der Waals surface area contributed by atoms with Gasteiger partial charge in [0.15, 0.2) is 0 Å². The molecule has 0 aliphatic rings. The first kappa shape index (κ1) is 10.7. The number of rotatable bonds is 3. The molecule has 0 bridgehead atoms. The molecule has 0 aliphatic heterocycles. The van der Waals surface area contributed by atoms with E-state index in [4.69, 9.17) is 4.74 Å². The molecule has 0 fully saturated rings. The average molecular weight is 214 g/mol. The number of ether oxygens (including phenoxy) is 1. The molecule has 0 saturated heterocycles. The first-order chi connectivity index (χ1) is 7.85. The SMILES string of the molecule is COc1cccc(-c2ccccc2CO)c1. The van der Waals surface area contributed by atoms with Crippen LogP contribution in [-0.4, -0.2) is 12.2 Å². The van der Waals surface area contributed by atoms with Crippen LogP contribution in [0.2, 0.25) is 0 Å². The van der Waals surface area contributed by atoms with Gasteiger partial charge in [0, 0.05) is 0 Å². The molecule has 0 spiro atoms. The van der Waals surface area contributed by atoms with Crippen LogP contribution < -0.4 is 4.74 Å². The molecule has 82 valence electrons. The summed E-state index contributed by atoms with van der Waals surface area (Å²) < 4.78 is 5.19. The Morgan fingerprint density at radius 2 is 1.88 bits per heavy atom. The molecule has 2 aromatic carbocycles. The van der Waals surface area contributed by atoms with Crippen LogP contribution in [0.15, 0.2) is 48.5 Å². The van der Waals surface area contributed by atoms with E-state index in [0.29, 0.717) is 0 Å². The summed E-state index contributed by atoms with van der Waals surface area (Å²) in [7, 11) is 1.65. The fraction of sp³-hybridized carbons (Fsp3) is 0.143. The molecule has 0 radical (unpaired) electrons. The van der Waals surface area contributed by atoms with Gasteiger partial charge < -0.3 is 9.84 Å². The van der Waals surface area contributed by atoms with Crippen LogP contribution in [0, 0.1) is 0 Å².